The third kappa shape index (κ3) is 4.00. The maximum Gasteiger partial charge on any atom is 0.317 e. The predicted molar refractivity (Wildman–Crippen MR) is 68.2 cm³/mol. The van der Waals surface area contributed by atoms with E-state index in [1.165, 1.54) is 18.1 Å². The van der Waals surface area contributed by atoms with E-state index in [9.17, 15) is 4.79 Å². The molecule has 4 nitrogen and oxygen atoms in total. The standard InChI is InChI=1S/C12H18N2O2S/c1-7(2)9-5-10(14-6-13-9)17-11(8(3)4)12(15)16/h5-8,11H,1-4H3,(H,15,16). The lowest BCUT2D eigenvalue weighted by Crippen LogP contribution is -2.22. The number of carboxylic acids is 1. The average molecular weight is 254 g/mol. The molecule has 0 fully saturated rings. The fourth-order valence-electron chi connectivity index (χ4n) is 1.34. The zero-order chi connectivity index (χ0) is 13.0. The zero-order valence-corrected chi connectivity index (χ0v) is 11.4. The number of hydrogen-bond donors (Lipinski definition) is 1. The Bertz CT molecular complexity index is 394. The summed E-state index contributed by atoms with van der Waals surface area (Å²) in [4.78, 5) is 19.4. The van der Waals surface area contributed by atoms with Crippen LogP contribution >= 0.6 is 11.8 Å². The van der Waals surface area contributed by atoms with Crippen LogP contribution in [-0.2, 0) is 4.79 Å². The fraction of sp³-hybridized carbons (Fsp3) is 0.583. The van der Waals surface area contributed by atoms with Crippen LogP contribution in [0.15, 0.2) is 17.4 Å². The number of carbonyl (C=O) groups is 1. The largest absolute Gasteiger partial charge is 0.480 e. The molecular weight excluding hydrogens is 236 g/mol. The average Bonchev–Trinajstić information content (AvgIpc) is 2.25. The summed E-state index contributed by atoms with van der Waals surface area (Å²) in [6, 6.07) is 1.87. The second kappa shape index (κ2) is 6.00. The second-order valence-electron chi connectivity index (χ2n) is 4.56. The van der Waals surface area contributed by atoms with Gasteiger partial charge in [-0.3, -0.25) is 4.79 Å². The molecule has 0 aliphatic rings. The van der Waals surface area contributed by atoms with Crippen molar-refractivity contribution < 1.29 is 9.90 Å². The minimum atomic E-state index is -0.797. The van der Waals surface area contributed by atoms with Gasteiger partial charge in [0.15, 0.2) is 0 Å². The smallest absolute Gasteiger partial charge is 0.317 e. The Balaban J connectivity index is 2.86. The number of carboxylic acid groups (broad SMARTS) is 1. The Morgan fingerprint density at radius 2 is 1.94 bits per heavy atom. The molecule has 1 rings (SSSR count). The van der Waals surface area contributed by atoms with E-state index in [1.54, 1.807) is 0 Å². The number of nitrogens with zero attached hydrogens (tertiary/aromatic N) is 2. The van der Waals surface area contributed by atoms with Gasteiger partial charge in [-0.05, 0) is 17.9 Å². The number of aliphatic carboxylic acids is 1. The number of hydrogen-bond acceptors (Lipinski definition) is 4. The summed E-state index contributed by atoms with van der Waals surface area (Å²) in [5.74, 6) is -0.413. The summed E-state index contributed by atoms with van der Waals surface area (Å²) >= 11 is 1.29. The molecule has 1 unspecified atom stereocenters. The van der Waals surface area contributed by atoms with Crippen molar-refractivity contribution in [2.24, 2.45) is 5.92 Å². The molecule has 0 aliphatic carbocycles. The molecule has 17 heavy (non-hydrogen) atoms. The fourth-order valence-corrected chi connectivity index (χ4v) is 2.27. The third-order valence-corrected chi connectivity index (χ3v) is 3.82. The highest BCUT2D eigenvalue weighted by atomic mass is 32.2. The van der Waals surface area contributed by atoms with Gasteiger partial charge in [0.25, 0.3) is 0 Å². The summed E-state index contributed by atoms with van der Waals surface area (Å²) < 4.78 is 0. The Kier molecular flexibility index (Phi) is 4.93. The first-order chi connectivity index (χ1) is 7.91. The molecule has 94 valence electrons. The molecule has 1 atom stereocenters. The second-order valence-corrected chi connectivity index (χ2v) is 5.72. The van der Waals surface area contributed by atoms with E-state index in [-0.39, 0.29) is 5.92 Å². The normalized spacial score (nSPS) is 13.1. The molecule has 1 aromatic rings. The summed E-state index contributed by atoms with van der Waals surface area (Å²) in [5, 5.41) is 9.38. The van der Waals surface area contributed by atoms with Crippen LogP contribution in [-0.4, -0.2) is 26.3 Å². The van der Waals surface area contributed by atoms with Crippen molar-refractivity contribution in [2.45, 2.75) is 43.9 Å². The van der Waals surface area contributed by atoms with Crippen LogP contribution in [0.1, 0.15) is 39.3 Å². The molecule has 1 N–H and O–H groups in total. The summed E-state index contributed by atoms with van der Waals surface area (Å²) in [6.45, 7) is 7.90. The molecule has 0 aromatic carbocycles. The first-order valence-corrected chi connectivity index (χ1v) is 6.51. The van der Waals surface area contributed by atoms with E-state index >= 15 is 0 Å². The molecule has 0 amide bonds. The molecular formula is C12H18N2O2S. The van der Waals surface area contributed by atoms with Crippen LogP contribution in [0.2, 0.25) is 0 Å². The molecule has 0 radical (unpaired) electrons. The van der Waals surface area contributed by atoms with Gasteiger partial charge in [0, 0.05) is 5.69 Å². The third-order valence-electron chi connectivity index (χ3n) is 2.35. The quantitative estimate of drug-likeness (QED) is 0.646. The number of thioether (sulfide) groups is 1. The SMILES string of the molecule is CC(C)c1cc(SC(C(=O)O)C(C)C)ncn1. The summed E-state index contributed by atoms with van der Waals surface area (Å²) in [6.07, 6.45) is 1.50. The molecule has 0 aliphatic heterocycles. The van der Waals surface area contributed by atoms with Gasteiger partial charge < -0.3 is 5.11 Å². The van der Waals surface area contributed by atoms with Crippen LogP contribution in [0.5, 0.6) is 0 Å². The minimum Gasteiger partial charge on any atom is -0.480 e. The van der Waals surface area contributed by atoms with Gasteiger partial charge in [0.2, 0.25) is 0 Å². The van der Waals surface area contributed by atoms with Crippen LogP contribution in [0, 0.1) is 5.92 Å². The van der Waals surface area contributed by atoms with Crippen molar-refractivity contribution in [3.05, 3.63) is 18.1 Å². The van der Waals surface area contributed by atoms with Crippen LogP contribution in [0.3, 0.4) is 0 Å². The molecule has 0 bridgehead atoms. The minimum absolute atomic E-state index is 0.0648. The Morgan fingerprint density at radius 3 is 2.41 bits per heavy atom. The molecule has 0 saturated carbocycles. The van der Waals surface area contributed by atoms with Crippen LogP contribution in [0.25, 0.3) is 0 Å². The maximum absolute atomic E-state index is 11.1. The lowest BCUT2D eigenvalue weighted by atomic mass is 10.1. The van der Waals surface area contributed by atoms with Crippen LogP contribution < -0.4 is 0 Å². The zero-order valence-electron chi connectivity index (χ0n) is 10.5. The topological polar surface area (TPSA) is 63.1 Å². The molecule has 1 aromatic heterocycles. The molecule has 5 heteroatoms. The van der Waals surface area contributed by atoms with Gasteiger partial charge in [0.1, 0.15) is 16.6 Å². The lowest BCUT2D eigenvalue weighted by molar-refractivity contribution is -0.137. The maximum atomic E-state index is 11.1. The van der Waals surface area contributed by atoms with Crippen molar-refractivity contribution >= 4 is 17.7 Å². The number of rotatable bonds is 5. The van der Waals surface area contributed by atoms with E-state index in [2.05, 4.69) is 9.97 Å². The van der Waals surface area contributed by atoms with Gasteiger partial charge in [-0.1, -0.05) is 39.5 Å². The van der Waals surface area contributed by atoms with Crippen LogP contribution in [0.4, 0.5) is 0 Å². The number of aromatic nitrogens is 2. The van der Waals surface area contributed by atoms with Crippen molar-refractivity contribution in [3.63, 3.8) is 0 Å². The van der Waals surface area contributed by atoms with Gasteiger partial charge >= 0.3 is 5.97 Å². The highest BCUT2D eigenvalue weighted by Gasteiger charge is 2.23. The Morgan fingerprint density at radius 1 is 1.29 bits per heavy atom. The van der Waals surface area contributed by atoms with Gasteiger partial charge in [0.05, 0.1) is 0 Å². The van der Waals surface area contributed by atoms with Crippen molar-refractivity contribution in [3.8, 4) is 0 Å². The predicted octanol–water partition coefficient (Wildman–Crippen LogP) is 2.80. The first-order valence-electron chi connectivity index (χ1n) is 5.63. The van der Waals surface area contributed by atoms with E-state index in [4.69, 9.17) is 5.11 Å². The highest BCUT2D eigenvalue weighted by molar-refractivity contribution is 8.00. The van der Waals surface area contributed by atoms with E-state index in [1.807, 2.05) is 33.8 Å². The van der Waals surface area contributed by atoms with E-state index < -0.39 is 11.2 Å². The van der Waals surface area contributed by atoms with Crippen molar-refractivity contribution in [1.82, 2.24) is 9.97 Å². The van der Waals surface area contributed by atoms with Crippen molar-refractivity contribution in [1.29, 1.82) is 0 Å². The summed E-state index contributed by atoms with van der Waals surface area (Å²) in [7, 11) is 0. The summed E-state index contributed by atoms with van der Waals surface area (Å²) in [5.41, 5.74) is 0.940. The van der Waals surface area contributed by atoms with Gasteiger partial charge in [-0.2, -0.15) is 0 Å². The molecule has 1 heterocycles. The first kappa shape index (κ1) is 14.0. The molecule has 0 spiro atoms. The Labute approximate surface area is 106 Å². The Hall–Kier alpha value is -1.10. The van der Waals surface area contributed by atoms with Gasteiger partial charge in [-0.25, -0.2) is 9.97 Å². The highest BCUT2D eigenvalue weighted by Crippen LogP contribution is 2.27. The van der Waals surface area contributed by atoms with Crippen molar-refractivity contribution in [2.75, 3.05) is 0 Å². The van der Waals surface area contributed by atoms with E-state index in [0.717, 1.165) is 10.7 Å². The lowest BCUT2D eigenvalue weighted by Gasteiger charge is -2.15. The van der Waals surface area contributed by atoms with Gasteiger partial charge in [-0.15, -0.1) is 0 Å². The van der Waals surface area contributed by atoms with E-state index in [0.29, 0.717) is 5.92 Å². The molecule has 0 saturated heterocycles. The monoisotopic (exact) mass is 254 g/mol.